The predicted octanol–water partition coefficient (Wildman–Crippen LogP) is 9.36. The number of nitrogens with zero attached hydrogens (tertiary/aromatic N) is 1. The van der Waals surface area contributed by atoms with Crippen LogP contribution in [0.5, 0.6) is 17.2 Å². The Balaban J connectivity index is 1.39. The molecule has 5 aromatic carbocycles. The van der Waals surface area contributed by atoms with Crippen LogP contribution in [0, 0.1) is 11.8 Å². The van der Waals surface area contributed by atoms with Crippen LogP contribution in [-0.2, 0) is 11.0 Å². The summed E-state index contributed by atoms with van der Waals surface area (Å²) < 4.78 is 19.7. The van der Waals surface area contributed by atoms with E-state index in [0.29, 0.717) is 5.92 Å². The van der Waals surface area contributed by atoms with Crippen LogP contribution in [0.25, 0.3) is 28.0 Å². The second-order valence-electron chi connectivity index (χ2n) is 13.8. The molecule has 4 nitrogen and oxygen atoms in total. The summed E-state index contributed by atoms with van der Waals surface area (Å²) in [5.74, 6) is 3.87. The maximum atomic E-state index is 7.60. The molecule has 1 aliphatic heterocycles. The van der Waals surface area contributed by atoms with E-state index in [-0.39, 0.29) is 5.41 Å². The molecule has 0 N–H and O–H groups in total. The normalized spacial score (nSPS) is 24.9. The quantitative estimate of drug-likeness (QED) is 0.200. The van der Waals surface area contributed by atoms with Crippen molar-refractivity contribution in [3.8, 4) is 28.4 Å². The predicted molar refractivity (Wildman–Crippen MR) is 186 cm³/mol. The van der Waals surface area contributed by atoms with E-state index in [2.05, 4.69) is 116 Å². The van der Waals surface area contributed by atoms with Gasteiger partial charge in [-0.1, -0.05) is 79.2 Å². The van der Waals surface area contributed by atoms with Gasteiger partial charge in [0.05, 0.1) is 14.2 Å². The first-order valence-electron chi connectivity index (χ1n) is 16.6. The van der Waals surface area contributed by atoms with Gasteiger partial charge < -0.3 is 19.1 Å². The number of benzene rings is 5. The Morgan fingerprint density at radius 1 is 0.826 bits per heavy atom. The van der Waals surface area contributed by atoms with E-state index in [9.17, 15) is 0 Å². The van der Waals surface area contributed by atoms with Crippen molar-refractivity contribution in [2.24, 2.45) is 11.8 Å². The Labute approximate surface area is 271 Å². The third-order valence-electron chi connectivity index (χ3n) is 11.5. The minimum absolute atomic E-state index is 0.0220. The molecule has 4 aliphatic rings. The number of rotatable bonds is 5. The molecule has 2 bridgehead atoms. The van der Waals surface area contributed by atoms with E-state index in [4.69, 9.17) is 14.2 Å². The van der Waals surface area contributed by atoms with Gasteiger partial charge in [-0.2, -0.15) is 0 Å². The van der Waals surface area contributed by atoms with Gasteiger partial charge in [0.2, 0.25) is 0 Å². The number of hydrogen-bond donors (Lipinski definition) is 0. The van der Waals surface area contributed by atoms with Gasteiger partial charge >= 0.3 is 0 Å². The highest BCUT2D eigenvalue weighted by molar-refractivity contribution is 6.12. The van der Waals surface area contributed by atoms with Crippen molar-refractivity contribution in [3.05, 3.63) is 125 Å². The monoisotopic (exact) mass is 605 g/mol. The molecule has 0 saturated heterocycles. The van der Waals surface area contributed by atoms with Crippen molar-refractivity contribution in [2.45, 2.75) is 36.7 Å². The van der Waals surface area contributed by atoms with Crippen molar-refractivity contribution in [1.82, 2.24) is 0 Å². The van der Waals surface area contributed by atoms with Crippen LogP contribution in [0.1, 0.15) is 53.5 Å². The molecule has 230 valence electrons. The number of hydrogen-bond acceptors (Lipinski definition) is 4. The Bertz CT molecular complexity index is 2050. The Morgan fingerprint density at radius 2 is 1.59 bits per heavy atom. The summed E-state index contributed by atoms with van der Waals surface area (Å²) in [6, 6.07) is 32.8. The third-order valence-corrected chi connectivity index (χ3v) is 11.5. The molecule has 3 aliphatic carbocycles. The molecule has 46 heavy (non-hydrogen) atoms. The Kier molecular flexibility index (Phi) is 5.94. The highest BCUT2D eigenvalue weighted by Gasteiger charge is 2.58. The SMILES string of the molecule is COc1cc(OC)c2c3c(c4c(c2c1)OC(c1ccccc1)(c1ccc(N(C)C)cc1)C=C4)C1(CC2CCC1C2)c1ccccc1-3. The van der Waals surface area contributed by atoms with Gasteiger partial charge in [-0.05, 0) is 77.6 Å². The van der Waals surface area contributed by atoms with Gasteiger partial charge in [0.1, 0.15) is 17.2 Å². The van der Waals surface area contributed by atoms with Gasteiger partial charge in [-0.15, -0.1) is 0 Å². The molecular formula is C42H39NO3. The first kappa shape index (κ1) is 27.6. The van der Waals surface area contributed by atoms with Gasteiger partial charge in [-0.25, -0.2) is 0 Å². The highest BCUT2D eigenvalue weighted by Crippen LogP contribution is 2.69. The fourth-order valence-corrected chi connectivity index (χ4v) is 9.58. The van der Waals surface area contributed by atoms with Crippen LogP contribution in [0.3, 0.4) is 0 Å². The van der Waals surface area contributed by atoms with Crippen molar-refractivity contribution >= 4 is 22.5 Å². The van der Waals surface area contributed by atoms with Crippen LogP contribution < -0.4 is 19.1 Å². The Hall–Kier alpha value is -4.70. The van der Waals surface area contributed by atoms with Crippen molar-refractivity contribution in [1.29, 1.82) is 0 Å². The van der Waals surface area contributed by atoms with Gasteiger partial charge in [0.15, 0.2) is 5.60 Å². The van der Waals surface area contributed by atoms with Crippen molar-refractivity contribution < 1.29 is 14.2 Å². The minimum atomic E-state index is -0.816. The smallest absolute Gasteiger partial charge is 0.178 e. The fourth-order valence-electron chi connectivity index (χ4n) is 9.58. The summed E-state index contributed by atoms with van der Waals surface area (Å²) >= 11 is 0. The lowest BCUT2D eigenvalue weighted by Crippen LogP contribution is -2.36. The van der Waals surface area contributed by atoms with E-state index in [1.807, 2.05) is 6.07 Å². The third kappa shape index (κ3) is 3.56. The molecule has 0 amide bonds. The minimum Gasteiger partial charge on any atom is -0.497 e. The zero-order valence-corrected chi connectivity index (χ0v) is 27.0. The second-order valence-corrected chi connectivity index (χ2v) is 13.8. The number of methoxy groups -OCH3 is 2. The van der Waals surface area contributed by atoms with E-state index < -0.39 is 5.60 Å². The lowest BCUT2D eigenvalue weighted by molar-refractivity contribution is 0.163. The number of anilines is 1. The van der Waals surface area contributed by atoms with Gasteiger partial charge in [-0.3, -0.25) is 0 Å². The molecule has 4 heteroatoms. The zero-order valence-electron chi connectivity index (χ0n) is 27.0. The topological polar surface area (TPSA) is 30.9 Å². The van der Waals surface area contributed by atoms with Crippen LogP contribution in [0.2, 0.25) is 0 Å². The summed E-state index contributed by atoms with van der Waals surface area (Å²) in [5, 5.41) is 2.14. The summed E-state index contributed by atoms with van der Waals surface area (Å²) in [7, 11) is 7.65. The summed E-state index contributed by atoms with van der Waals surface area (Å²) in [6.45, 7) is 0. The average Bonchev–Trinajstić information content (AvgIpc) is 3.80. The maximum Gasteiger partial charge on any atom is 0.178 e. The van der Waals surface area contributed by atoms with E-state index in [0.717, 1.165) is 50.8 Å². The molecule has 4 atom stereocenters. The summed E-state index contributed by atoms with van der Waals surface area (Å²) in [4.78, 5) is 2.13. The largest absolute Gasteiger partial charge is 0.497 e. The van der Waals surface area contributed by atoms with E-state index >= 15 is 0 Å². The number of ether oxygens (including phenoxy) is 3. The highest BCUT2D eigenvalue weighted by atomic mass is 16.5. The molecule has 9 rings (SSSR count). The number of fused-ring (bicyclic) bond motifs is 13. The average molecular weight is 606 g/mol. The van der Waals surface area contributed by atoms with Crippen molar-refractivity contribution in [2.75, 3.05) is 33.2 Å². The molecule has 0 radical (unpaired) electrons. The molecule has 1 spiro atoms. The van der Waals surface area contributed by atoms with Crippen LogP contribution in [0.15, 0.2) is 97.1 Å². The fraction of sp³-hybridized carbons (Fsp3) is 0.286. The molecule has 1 heterocycles. The molecule has 0 aromatic heterocycles. The standard InChI is InChI=1S/C42H39NO3/c1-43(2)30-18-16-28(17-19-30)42(27-10-6-5-7-11-27)21-20-33-39-38(37-34(40(33)46-42)23-31(44-3)24-36(37)45-4)32-12-8-9-13-35(32)41(39)25-26-14-15-29(41)22-26/h5-13,16-21,23-24,26,29H,14-15,22,25H2,1-4H3. The molecule has 2 fully saturated rings. The lowest BCUT2D eigenvalue weighted by atomic mass is 9.65. The van der Waals surface area contributed by atoms with Crippen molar-refractivity contribution in [3.63, 3.8) is 0 Å². The summed E-state index contributed by atoms with van der Waals surface area (Å²) in [5.41, 5.74) is 9.28. The van der Waals surface area contributed by atoms with Crippen LogP contribution >= 0.6 is 0 Å². The first-order chi connectivity index (χ1) is 22.5. The lowest BCUT2D eigenvalue weighted by Gasteiger charge is -2.41. The van der Waals surface area contributed by atoms with Gasteiger partial charge in [0.25, 0.3) is 0 Å². The molecule has 5 aromatic rings. The molecule has 2 saturated carbocycles. The maximum absolute atomic E-state index is 7.60. The van der Waals surface area contributed by atoms with E-state index in [1.165, 1.54) is 53.5 Å². The Morgan fingerprint density at radius 3 is 2.28 bits per heavy atom. The van der Waals surface area contributed by atoms with Gasteiger partial charge in [0, 0.05) is 58.7 Å². The first-order valence-corrected chi connectivity index (χ1v) is 16.6. The zero-order chi connectivity index (χ0) is 31.2. The van der Waals surface area contributed by atoms with Crippen LogP contribution in [-0.4, -0.2) is 28.3 Å². The second kappa shape index (κ2) is 9.90. The van der Waals surface area contributed by atoms with E-state index in [1.54, 1.807) is 14.2 Å². The van der Waals surface area contributed by atoms with Crippen LogP contribution in [0.4, 0.5) is 5.69 Å². The molecular weight excluding hydrogens is 566 g/mol. The summed E-state index contributed by atoms with van der Waals surface area (Å²) in [6.07, 6.45) is 9.81. The molecule has 4 unspecified atom stereocenters.